The monoisotopic (exact) mass is 381 g/mol. The number of hydrogen-bond acceptors (Lipinski definition) is 7. The molecule has 9 heteroatoms. The lowest BCUT2D eigenvalue weighted by Gasteiger charge is -2.06. The van der Waals surface area contributed by atoms with Gasteiger partial charge < -0.3 is 4.74 Å². The van der Waals surface area contributed by atoms with Crippen LogP contribution in [0.1, 0.15) is 5.69 Å². The Hall–Kier alpha value is -3.23. The minimum Gasteiger partial charge on any atom is -0.378 e. The van der Waals surface area contributed by atoms with E-state index in [2.05, 4.69) is 20.2 Å². The first kappa shape index (κ1) is 17.2. The van der Waals surface area contributed by atoms with Crippen molar-refractivity contribution in [1.82, 2.24) is 20.2 Å². The van der Waals surface area contributed by atoms with Crippen LogP contribution in [0.4, 0.5) is 5.69 Å². The first-order valence-corrected chi connectivity index (χ1v) is 8.30. The van der Waals surface area contributed by atoms with Crippen molar-refractivity contribution >= 4 is 39.1 Å². The fourth-order valence-electron chi connectivity index (χ4n) is 2.95. The van der Waals surface area contributed by atoms with Gasteiger partial charge in [-0.3, -0.25) is 15.1 Å². The van der Waals surface area contributed by atoms with Crippen molar-refractivity contribution in [1.29, 1.82) is 0 Å². The van der Waals surface area contributed by atoms with Gasteiger partial charge in [-0.15, -0.1) is 5.10 Å². The van der Waals surface area contributed by atoms with E-state index in [1.54, 1.807) is 31.5 Å². The van der Waals surface area contributed by atoms with E-state index in [1.165, 1.54) is 12.3 Å². The lowest BCUT2D eigenvalue weighted by Crippen LogP contribution is -1.93. The zero-order valence-electron chi connectivity index (χ0n) is 14.1. The zero-order valence-corrected chi connectivity index (χ0v) is 14.8. The minimum absolute atomic E-state index is 0.161. The van der Waals surface area contributed by atoms with Gasteiger partial charge in [-0.25, -0.2) is 4.98 Å². The molecule has 0 bridgehead atoms. The third kappa shape index (κ3) is 2.94. The van der Waals surface area contributed by atoms with Gasteiger partial charge in [-0.05, 0) is 6.07 Å². The normalized spacial score (nSPS) is 11.2. The van der Waals surface area contributed by atoms with Gasteiger partial charge in [0.05, 0.1) is 46.2 Å². The molecule has 4 rings (SSSR count). The molecule has 2 aromatic heterocycles. The lowest BCUT2D eigenvalue weighted by atomic mass is 10.0. The van der Waals surface area contributed by atoms with Crippen LogP contribution in [0.2, 0.25) is 5.02 Å². The lowest BCUT2D eigenvalue weighted by molar-refractivity contribution is -0.383. The maximum Gasteiger partial charge on any atom is 0.298 e. The molecule has 0 aliphatic carbocycles. The summed E-state index contributed by atoms with van der Waals surface area (Å²) < 4.78 is 5.18. The number of nitro groups is 1. The summed E-state index contributed by atoms with van der Waals surface area (Å²) in [5.41, 5.74) is 2.21. The SMILES string of the molecule is COCc1cnc2c(cc([N+](=O)[O-])c3nncc32)c(-c2ccccc2Cl)n1. The fraction of sp³-hybridized carbons (Fsp3) is 0.111. The molecule has 2 aromatic carbocycles. The van der Waals surface area contributed by atoms with Gasteiger partial charge in [0.2, 0.25) is 0 Å². The van der Waals surface area contributed by atoms with Crippen molar-refractivity contribution in [2.45, 2.75) is 6.61 Å². The number of rotatable bonds is 4. The Bertz CT molecular complexity index is 1200. The maximum atomic E-state index is 11.6. The third-order valence-corrected chi connectivity index (χ3v) is 4.43. The highest BCUT2D eigenvalue weighted by Crippen LogP contribution is 2.36. The Morgan fingerprint density at radius 2 is 2.00 bits per heavy atom. The first-order chi connectivity index (χ1) is 13.1. The van der Waals surface area contributed by atoms with Crippen LogP contribution in [-0.4, -0.2) is 32.2 Å². The van der Waals surface area contributed by atoms with Crippen LogP contribution >= 0.6 is 11.6 Å². The summed E-state index contributed by atoms with van der Waals surface area (Å²) in [4.78, 5) is 20.2. The van der Waals surface area contributed by atoms with Crippen LogP contribution in [-0.2, 0) is 11.3 Å². The molecule has 4 aromatic rings. The topological polar surface area (TPSA) is 104 Å². The van der Waals surface area contributed by atoms with E-state index in [-0.39, 0.29) is 17.8 Å². The Labute approximate surface area is 157 Å². The van der Waals surface area contributed by atoms with Crippen molar-refractivity contribution in [2.24, 2.45) is 0 Å². The summed E-state index contributed by atoms with van der Waals surface area (Å²) in [5.74, 6) is 0. The van der Waals surface area contributed by atoms with Gasteiger partial charge in [0.1, 0.15) is 0 Å². The summed E-state index contributed by atoms with van der Waals surface area (Å²) in [7, 11) is 1.55. The number of halogens is 1. The molecule has 0 aliphatic heterocycles. The summed E-state index contributed by atoms with van der Waals surface area (Å²) in [6.45, 7) is 0.230. The van der Waals surface area contributed by atoms with E-state index in [4.69, 9.17) is 16.3 Å². The molecule has 0 N–H and O–H groups in total. The molecule has 27 heavy (non-hydrogen) atoms. The smallest absolute Gasteiger partial charge is 0.298 e. The molecule has 0 radical (unpaired) electrons. The molecule has 134 valence electrons. The minimum atomic E-state index is -0.490. The zero-order chi connectivity index (χ0) is 19.0. The van der Waals surface area contributed by atoms with Gasteiger partial charge in [0.25, 0.3) is 5.69 Å². The number of nitro benzene ring substituents is 1. The highest BCUT2D eigenvalue weighted by Gasteiger charge is 2.21. The van der Waals surface area contributed by atoms with Crippen molar-refractivity contribution in [3.8, 4) is 11.3 Å². The van der Waals surface area contributed by atoms with Crippen LogP contribution in [0.15, 0.2) is 42.7 Å². The third-order valence-electron chi connectivity index (χ3n) is 4.10. The molecule has 0 saturated heterocycles. The number of ether oxygens (including phenoxy) is 1. The Kier molecular flexibility index (Phi) is 4.35. The molecule has 0 atom stereocenters. The Balaban J connectivity index is 2.21. The molecule has 0 saturated carbocycles. The predicted molar refractivity (Wildman–Crippen MR) is 100 cm³/mol. The van der Waals surface area contributed by atoms with Gasteiger partial charge in [-0.2, -0.15) is 5.10 Å². The number of aromatic nitrogens is 4. The summed E-state index contributed by atoms with van der Waals surface area (Å²) in [6.07, 6.45) is 3.04. The molecule has 8 nitrogen and oxygen atoms in total. The number of nitrogens with zero attached hydrogens (tertiary/aromatic N) is 5. The highest BCUT2D eigenvalue weighted by atomic mass is 35.5. The van der Waals surface area contributed by atoms with Gasteiger partial charge in [-0.1, -0.05) is 29.8 Å². The van der Waals surface area contributed by atoms with Crippen molar-refractivity contribution in [2.75, 3.05) is 7.11 Å². The molecule has 2 heterocycles. The van der Waals surface area contributed by atoms with E-state index in [1.807, 2.05) is 6.07 Å². The summed E-state index contributed by atoms with van der Waals surface area (Å²) in [6, 6.07) is 8.58. The van der Waals surface area contributed by atoms with Crippen LogP contribution in [0.25, 0.3) is 33.1 Å². The van der Waals surface area contributed by atoms with E-state index in [0.717, 1.165) is 0 Å². The van der Waals surface area contributed by atoms with E-state index in [0.29, 0.717) is 38.3 Å². The number of hydrogen-bond donors (Lipinski definition) is 0. The number of benzene rings is 2. The largest absolute Gasteiger partial charge is 0.378 e. The Morgan fingerprint density at radius 1 is 1.19 bits per heavy atom. The van der Waals surface area contributed by atoms with Crippen LogP contribution in [0, 0.1) is 10.1 Å². The van der Waals surface area contributed by atoms with Crippen molar-refractivity contribution in [3.63, 3.8) is 0 Å². The quantitative estimate of drug-likeness (QED) is 0.389. The average molecular weight is 382 g/mol. The molecule has 0 fully saturated rings. The molecule has 0 aliphatic rings. The van der Waals surface area contributed by atoms with E-state index < -0.39 is 4.92 Å². The van der Waals surface area contributed by atoms with Crippen molar-refractivity contribution < 1.29 is 9.66 Å². The number of non-ortho nitro benzene ring substituents is 1. The van der Waals surface area contributed by atoms with Crippen molar-refractivity contribution in [3.05, 3.63) is 63.6 Å². The van der Waals surface area contributed by atoms with Gasteiger partial charge in [0, 0.05) is 29.1 Å². The summed E-state index contributed by atoms with van der Waals surface area (Å²) >= 11 is 6.38. The molecular formula is C18H12ClN5O3. The average Bonchev–Trinajstić information content (AvgIpc) is 3.06. The second-order valence-electron chi connectivity index (χ2n) is 5.78. The van der Waals surface area contributed by atoms with Gasteiger partial charge in [0.15, 0.2) is 5.52 Å². The molecule has 0 spiro atoms. The second kappa shape index (κ2) is 6.82. The Morgan fingerprint density at radius 3 is 2.74 bits per heavy atom. The number of fused-ring (bicyclic) bond motifs is 3. The van der Waals surface area contributed by atoms with Gasteiger partial charge >= 0.3 is 0 Å². The highest BCUT2D eigenvalue weighted by molar-refractivity contribution is 6.33. The van der Waals surface area contributed by atoms with E-state index >= 15 is 0 Å². The maximum absolute atomic E-state index is 11.6. The van der Waals surface area contributed by atoms with Crippen LogP contribution in [0.5, 0.6) is 0 Å². The first-order valence-electron chi connectivity index (χ1n) is 7.92. The molecule has 0 amide bonds. The fourth-order valence-corrected chi connectivity index (χ4v) is 3.17. The van der Waals surface area contributed by atoms with Crippen LogP contribution in [0.3, 0.4) is 0 Å². The predicted octanol–water partition coefficient (Wildman–Crippen LogP) is 3.95. The summed E-state index contributed by atoms with van der Waals surface area (Å²) in [5, 5.41) is 20.7. The molecular weight excluding hydrogens is 370 g/mol. The number of methoxy groups -OCH3 is 1. The standard InChI is InChI=1S/C18H12ClN5O3/c1-27-9-10-7-20-16-12(17(22-10)11-4-2-3-5-14(11)19)6-15(24(25)26)18-13(16)8-21-23-18/h2-8H,9H2,1H3. The molecule has 0 unspecified atom stereocenters. The van der Waals surface area contributed by atoms with Crippen LogP contribution < -0.4 is 0 Å². The van der Waals surface area contributed by atoms with E-state index in [9.17, 15) is 10.1 Å². The second-order valence-corrected chi connectivity index (χ2v) is 6.19.